The number of ether oxygens (including phenoxy) is 3. The van der Waals surface area contributed by atoms with Gasteiger partial charge in [-0.15, -0.1) is 11.3 Å². The van der Waals surface area contributed by atoms with E-state index >= 15 is 0 Å². The van der Waals surface area contributed by atoms with E-state index in [-0.39, 0.29) is 25.3 Å². The van der Waals surface area contributed by atoms with Crippen LogP contribution >= 0.6 is 11.3 Å². The number of aromatic nitrogens is 1. The van der Waals surface area contributed by atoms with E-state index in [9.17, 15) is 14.7 Å². The van der Waals surface area contributed by atoms with Gasteiger partial charge < -0.3 is 24.6 Å². The van der Waals surface area contributed by atoms with E-state index in [0.29, 0.717) is 29.7 Å². The highest BCUT2D eigenvalue weighted by Gasteiger charge is 2.42. The number of nitrogens with zero attached hydrogens (tertiary/aromatic N) is 1. The molecule has 0 spiro atoms. The first kappa shape index (κ1) is 16.8. The monoisotopic (exact) mass is 376 g/mol. The van der Waals surface area contributed by atoms with Crippen LogP contribution in [-0.4, -0.2) is 47.5 Å². The van der Waals surface area contributed by atoms with Crippen molar-refractivity contribution < 1.29 is 28.9 Å². The van der Waals surface area contributed by atoms with Crippen LogP contribution < -0.4 is 14.8 Å². The normalized spacial score (nSPS) is 17.7. The molecule has 0 saturated carbocycles. The molecule has 9 heteroatoms. The molecule has 1 amide bonds. The summed E-state index contributed by atoms with van der Waals surface area (Å²) in [7, 11) is 0. The standard InChI is InChI=1S/C17H16N2O6S/c20-14(19-17(16(21)22)3-5-23-6-4-17)11-8-26-15(18-11)10-1-2-12-13(7-10)25-9-24-12/h1-2,7-8H,3-6,9H2,(H,19,20)(H,21,22). The molecule has 0 radical (unpaired) electrons. The van der Waals surface area contributed by atoms with E-state index in [1.54, 1.807) is 17.5 Å². The van der Waals surface area contributed by atoms with Gasteiger partial charge in [0.15, 0.2) is 11.5 Å². The molecule has 26 heavy (non-hydrogen) atoms. The lowest BCUT2D eigenvalue weighted by molar-refractivity contribution is -0.148. The van der Waals surface area contributed by atoms with Crippen molar-refractivity contribution in [1.82, 2.24) is 10.3 Å². The predicted octanol–water partition coefficient (Wildman–Crippen LogP) is 1.90. The van der Waals surface area contributed by atoms with Crippen LogP contribution in [0.4, 0.5) is 0 Å². The van der Waals surface area contributed by atoms with Gasteiger partial charge >= 0.3 is 5.97 Å². The fourth-order valence-electron chi connectivity index (χ4n) is 2.93. The van der Waals surface area contributed by atoms with Crippen LogP contribution in [0.1, 0.15) is 23.3 Å². The van der Waals surface area contributed by atoms with Gasteiger partial charge in [0, 0.05) is 37.0 Å². The molecule has 0 atom stereocenters. The first-order chi connectivity index (χ1) is 12.6. The smallest absolute Gasteiger partial charge is 0.329 e. The van der Waals surface area contributed by atoms with Gasteiger partial charge in [-0.3, -0.25) is 4.79 Å². The maximum Gasteiger partial charge on any atom is 0.329 e. The number of hydrogen-bond acceptors (Lipinski definition) is 7. The molecule has 1 aromatic heterocycles. The minimum atomic E-state index is -1.31. The number of hydrogen-bond donors (Lipinski definition) is 2. The molecule has 2 aromatic rings. The molecule has 8 nitrogen and oxygen atoms in total. The molecule has 0 aliphatic carbocycles. The Labute approximate surface area is 152 Å². The summed E-state index contributed by atoms with van der Waals surface area (Å²) in [5.41, 5.74) is -0.315. The predicted molar refractivity (Wildman–Crippen MR) is 91.6 cm³/mol. The minimum absolute atomic E-state index is 0.186. The number of thiazole rings is 1. The second kappa shape index (κ2) is 6.58. The van der Waals surface area contributed by atoms with Crippen molar-refractivity contribution in [2.24, 2.45) is 0 Å². The Balaban J connectivity index is 1.54. The van der Waals surface area contributed by atoms with Crippen LogP contribution in [0.25, 0.3) is 10.6 Å². The molecule has 1 saturated heterocycles. The Morgan fingerprint density at radius 1 is 1.19 bits per heavy atom. The lowest BCUT2D eigenvalue weighted by Gasteiger charge is -2.33. The number of benzene rings is 1. The van der Waals surface area contributed by atoms with Gasteiger partial charge in [0.25, 0.3) is 5.91 Å². The van der Waals surface area contributed by atoms with Crippen molar-refractivity contribution in [2.45, 2.75) is 18.4 Å². The number of carbonyl (C=O) groups is 2. The molecule has 2 aliphatic rings. The zero-order chi connectivity index (χ0) is 18.1. The molecule has 2 aliphatic heterocycles. The van der Waals surface area contributed by atoms with Crippen molar-refractivity contribution >= 4 is 23.2 Å². The van der Waals surface area contributed by atoms with Gasteiger partial charge in [-0.25, -0.2) is 9.78 Å². The van der Waals surface area contributed by atoms with Gasteiger partial charge in [0.05, 0.1) is 0 Å². The Hall–Kier alpha value is -2.65. The Bertz CT molecular complexity index is 859. The van der Waals surface area contributed by atoms with Crippen LogP contribution in [0.15, 0.2) is 23.6 Å². The third-order valence-corrected chi connectivity index (χ3v) is 5.36. The Morgan fingerprint density at radius 2 is 1.96 bits per heavy atom. The van der Waals surface area contributed by atoms with E-state index in [2.05, 4.69) is 10.3 Å². The molecule has 4 rings (SSSR count). The molecule has 2 N–H and O–H groups in total. The third-order valence-electron chi connectivity index (χ3n) is 4.46. The maximum atomic E-state index is 12.5. The highest BCUT2D eigenvalue weighted by atomic mass is 32.1. The number of aliphatic carboxylic acids is 1. The summed E-state index contributed by atoms with van der Waals surface area (Å²) < 4.78 is 15.8. The van der Waals surface area contributed by atoms with Crippen LogP contribution in [0, 0.1) is 0 Å². The topological polar surface area (TPSA) is 107 Å². The Kier molecular flexibility index (Phi) is 4.25. The highest BCUT2D eigenvalue weighted by molar-refractivity contribution is 7.13. The summed E-state index contributed by atoms with van der Waals surface area (Å²) in [6.07, 6.45) is 0.459. The quantitative estimate of drug-likeness (QED) is 0.839. The lowest BCUT2D eigenvalue weighted by atomic mass is 9.90. The second-order valence-electron chi connectivity index (χ2n) is 6.06. The van der Waals surface area contributed by atoms with Crippen LogP contribution in [0.3, 0.4) is 0 Å². The molecule has 0 unspecified atom stereocenters. The number of carbonyl (C=O) groups excluding carboxylic acids is 1. The SMILES string of the molecule is O=C(NC1(C(=O)O)CCOCC1)c1csc(-c2ccc3c(c2)OCO3)n1. The van der Waals surface area contributed by atoms with Crippen molar-refractivity contribution in [1.29, 1.82) is 0 Å². The summed E-state index contributed by atoms with van der Waals surface area (Å²) in [6, 6.07) is 5.44. The van der Waals surface area contributed by atoms with E-state index in [1.807, 2.05) is 6.07 Å². The van der Waals surface area contributed by atoms with Crippen LogP contribution in [0.2, 0.25) is 0 Å². The molecule has 1 aromatic carbocycles. The fourth-order valence-corrected chi connectivity index (χ4v) is 3.73. The van der Waals surface area contributed by atoms with Gasteiger partial charge in [0.2, 0.25) is 6.79 Å². The summed E-state index contributed by atoms with van der Waals surface area (Å²) in [4.78, 5) is 28.6. The Morgan fingerprint density at radius 3 is 2.73 bits per heavy atom. The molecule has 3 heterocycles. The lowest BCUT2D eigenvalue weighted by Crippen LogP contribution is -2.57. The summed E-state index contributed by atoms with van der Waals surface area (Å²) in [6.45, 7) is 0.781. The zero-order valence-corrected chi connectivity index (χ0v) is 14.5. The van der Waals surface area contributed by atoms with Gasteiger partial charge in [0.1, 0.15) is 16.2 Å². The van der Waals surface area contributed by atoms with E-state index in [1.165, 1.54) is 11.3 Å². The molecular formula is C17H16N2O6S. The first-order valence-corrected chi connectivity index (χ1v) is 8.95. The third kappa shape index (κ3) is 2.99. The van der Waals surface area contributed by atoms with Crippen molar-refractivity contribution in [3.63, 3.8) is 0 Å². The zero-order valence-electron chi connectivity index (χ0n) is 13.7. The van der Waals surface area contributed by atoms with Crippen molar-refractivity contribution in [3.8, 4) is 22.1 Å². The number of nitrogens with one attached hydrogen (secondary N) is 1. The van der Waals surface area contributed by atoms with E-state index in [0.717, 1.165) is 5.56 Å². The van der Waals surface area contributed by atoms with Gasteiger partial charge in [-0.2, -0.15) is 0 Å². The summed E-state index contributed by atoms with van der Waals surface area (Å²) in [5, 5.41) is 14.4. The molecular weight excluding hydrogens is 360 g/mol. The average molecular weight is 376 g/mol. The number of amides is 1. The van der Waals surface area contributed by atoms with Crippen LogP contribution in [0.5, 0.6) is 11.5 Å². The number of carboxylic acids is 1. The fraction of sp³-hybridized carbons (Fsp3) is 0.353. The highest BCUT2D eigenvalue weighted by Crippen LogP contribution is 2.36. The van der Waals surface area contributed by atoms with Gasteiger partial charge in [-0.05, 0) is 18.2 Å². The largest absolute Gasteiger partial charge is 0.480 e. The molecule has 1 fully saturated rings. The van der Waals surface area contributed by atoms with Crippen LogP contribution in [-0.2, 0) is 9.53 Å². The minimum Gasteiger partial charge on any atom is -0.480 e. The van der Waals surface area contributed by atoms with Crippen molar-refractivity contribution in [3.05, 3.63) is 29.3 Å². The average Bonchev–Trinajstić information content (AvgIpc) is 3.31. The first-order valence-electron chi connectivity index (χ1n) is 8.07. The summed E-state index contributed by atoms with van der Waals surface area (Å²) in [5.74, 6) is -0.250. The number of carboxylic acid groups (broad SMARTS) is 1. The molecule has 0 bridgehead atoms. The number of fused-ring (bicyclic) bond motifs is 1. The van der Waals surface area contributed by atoms with Crippen molar-refractivity contribution in [2.75, 3.05) is 20.0 Å². The molecule has 136 valence electrons. The number of rotatable bonds is 4. The second-order valence-corrected chi connectivity index (χ2v) is 6.92. The maximum absolute atomic E-state index is 12.5. The van der Waals surface area contributed by atoms with E-state index < -0.39 is 17.4 Å². The van der Waals surface area contributed by atoms with E-state index in [4.69, 9.17) is 14.2 Å². The van der Waals surface area contributed by atoms with Gasteiger partial charge in [-0.1, -0.05) is 0 Å². The summed E-state index contributed by atoms with van der Waals surface area (Å²) >= 11 is 1.31.